The highest BCUT2D eigenvalue weighted by molar-refractivity contribution is 5.82. The lowest BCUT2D eigenvalue weighted by atomic mass is 9.94. The van der Waals surface area contributed by atoms with Crippen LogP contribution in [0.15, 0.2) is 55.0 Å². The zero-order valence-electron chi connectivity index (χ0n) is 19.6. The largest absolute Gasteiger partial charge is 0.435 e. The fraction of sp³-hybridized carbons (Fsp3) is 0.308. The van der Waals surface area contributed by atoms with Crippen molar-refractivity contribution in [2.75, 3.05) is 24.5 Å². The highest BCUT2D eigenvalue weighted by Crippen LogP contribution is 2.47. The Morgan fingerprint density at radius 3 is 2.69 bits per heavy atom. The third-order valence-electron chi connectivity index (χ3n) is 6.87. The van der Waals surface area contributed by atoms with E-state index < -0.39 is 6.61 Å². The van der Waals surface area contributed by atoms with E-state index in [0.717, 1.165) is 40.1 Å². The first-order valence-corrected chi connectivity index (χ1v) is 11.9. The molecule has 0 spiro atoms. The molecule has 0 radical (unpaired) electrons. The number of halogens is 2. The normalized spacial score (nSPS) is 19.6. The van der Waals surface area contributed by atoms with E-state index in [1.807, 2.05) is 39.8 Å². The maximum absolute atomic E-state index is 13.1. The molecule has 1 amide bonds. The van der Waals surface area contributed by atoms with Crippen molar-refractivity contribution < 1.29 is 18.3 Å². The van der Waals surface area contributed by atoms with Gasteiger partial charge in [0.15, 0.2) is 0 Å². The van der Waals surface area contributed by atoms with Crippen molar-refractivity contribution in [1.82, 2.24) is 24.7 Å². The van der Waals surface area contributed by atoms with Gasteiger partial charge in [-0.15, -0.1) is 0 Å². The Morgan fingerprint density at radius 1 is 1.11 bits per heavy atom. The van der Waals surface area contributed by atoms with Crippen LogP contribution in [0.25, 0.3) is 16.8 Å². The third-order valence-corrected chi connectivity index (χ3v) is 6.87. The second kappa shape index (κ2) is 8.85. The minimum absolute atomic E-state index is 0.0438. The lowest BCUT2D eigenvalue weighted by molar-refractivity contribution is -0.120. The average Bonchev–Trinajstić information content (AvgIpc) is 3.41. The Hall–Kier alpha value is -4.08. The Labute approximate surface area is 206 Å². The van der Waals surface area contributed by atoms with Crippen LogP contribution in [0.2, 0.25) is 0 Å². The van der Waals surface area contributed by atoms with Crippen molar-refractivity contribution in [1.29, 1.82) is 0 Å². The number of piperazine rings is 1. The molecular formula is C26H24F2N6O2. The molecule has 4 heterocycles. The molecule has 0 bridgehead atoms. The van der Waals surface area contributed by atoms with E-state index in [0.29, 0.717) is 19.0 Å². The predicted octanol–water partition coefficient (Wildman–Crippen LogP) is 3.97. The number of carbonyl (C=O) groups is 1. The van der Waals surface area contributed by atoms with E-state index in [-0.39, 0.29) is 30.0 Å². The van der Waals surface area contributed by atoms with Gasteiger partial charge in [0.1, 0.15) is 11.4 Å². The van der Waals surface area contributed by atoms with Gasteiger partial charge in [-0.25, -0.2) is 15.0 Å². The zero-order valence-corrected chi connectivity index (χ0v) is 19.6. The van der Waals surface area contributed by atoms with Gasteiger partial charge in [-0.05, 0) is 24.6 Å². The molecule has 10 heteroatoms. The second-order valence-electron chi connectivity index (χ2n) is 9.18. The molecule has 1 N–H and O–H groups in total. The molecule has 4 aromatic rings. The summed E-state index contributed by atoms with van der Waals surface area (Å²) in [5.41, 5.74) is 5.22. The molecule has 1 aromatic carbocycles. The summed E-state index contributed by atoms with van der Waals surface area (Å²) in [5, 5.41) is 2.80. The molecule has 0 saturated carbocycles. The maximum atomic E-state index is 13.1. The molecule has 1 saturated heterocycles. The number of hydrogen-bond donors (Lipinski definition) is 1. The van der Waals surface area contributed by atoms with Crippen molar-refractivity contribution in [2.45, 2.75) is 31.8 Å². The summed E-state index contributed by atoms with van der Waals surface area (Å²) >= 11 is 0. The molecule has 2 aliphatic rings. The van der Waals surface area contributed by atoms with E-state index in [9.17, 15) is 13.6 Å². The number of para-hydroxylation sites is 1. The smallest absolute Gasteiger partial charge is 0.387 e. The topological polar surface area (TPSA) is 84.7 Å². The van der Waals surface area contributed by atoms with Crippen molar-refractivity contribution in [3.63, 3.8) is 0 Å². The molecule has 1 aliphatic heterocycles. The fourth-order valence-corrected chi connectivity index (χ4v) is 5.23. The number of anilines is 1. The van der Waals surface area contributed by atoms with E-state index in [4.69, 9.17) is 9.72 Å². The first-order valence-electron chi connectivity index (χ1n) is 11.9. The lowest BCUT2D eigenvalue weighted by Gasteiger charge is -2.26. The third kappa shape index (κ3) is 3.92. The standard InChI is InChI=1S/C26H24F2N6O2/c1-15-10-19(18-4-2-3-5-20(18)36-25(27)28)24-23(15)32-21-7-6-16(13-34(21)24)17-11-30-26(31-12-17)33-9-8-29-22(35)14-33/h2-7,11-13,15,19,25H,8-10,14H2,1H3,(H,29,35)/t15?,19-/m1/s1. The fourth-order valence-electron chi connectivity index (χ4n) is 5.23. The van der Waals surface area contributed by atoms with Crippen molar-refractivity contribution in [3.05, 3.63) is 71.9 Å². The molecule has 2 atom stereocenters. The number of alkyl halides is 2. The highest BCUT2D eigenvalue weighted by Gasteiger charge is 2.36. The van der Waals surface area contributed by atoms with Crippen LogP contribution in [0.4, 0.5) is 14.7 Å². The van der Waals surface area contributed by atoms with Crippen LogP contribution in [-0.4, -0.2) is 51.5 Å². The van der Waals surface area contributed by atoms with Gasteiger partial charge in [-0.3, -0.25) is 4.79 Å². The molecule has 184 valence electrons. The molecule has 6 rings (SSSR count). The van der Waals surface area contributed by atoms with Crippen LogP contribution in [0, 0.1) is 0 Å². The van der Waals surface area contributed by atoms with E-state index >= 15 is 0 Å². The molecule has 1 unspecified atom stereocenters. The SMILES string of the molecule is CC1C[C@H](c2ccccc2OC(F)F)c2c1nc1ccc(-c3cnc(N4CCNC(=O)C4)nc3)cn21. The number of hydrogen-bond acceptors (Lipinski definition) is 6. The molecule has 8 nitrogen and oxygen atoms in total. The number of benzene rings is 1. The van der Waals surface area contributed by atoms with Crippen LogP contribution in [-0.2, 0) is 4.79 Å². The van der Waals surface area contributed by atoms with Gasteiger partial charge in [0, 0.05) is 60.2 Å². The summed E-state index contributed by atoms with van der Waals surface area (Å²) in [6.07, 6.45) is 6.25. The number of rotatable bonds is 5. The number of pyridine rings is 1. The highest BCUT2D eigenvalue weighted by atomic mass is 19.3. The summed E-state index contributed by atoms with van der Waals surface area (Å²) < 4.78 is 33.1. The van der Waals surface area contributed by atoms with Gasteiger partial charge >= 0.3 is 6.61 Å². The Kier molecular flexibility index (Phi) is 5.50. The summed E-state index contributed by atoms with van der Waals surface area (Å²) in [5.74, 6) is 0.718. The van der Waals surface area contributed by atoms with Crippen molar-refractivity contribution in [2.24, 2.45) is 0 Å². The average molecular weight is 491 g/mol. The van der Waals surface area contributed by atoms with Crippen LogP contribution in [0.1, 0.15) is 42.1 Å². The van der Waals surface area contributed by atoms with Gasteiger partial charge in [-0.1, -0.05) is 25.1 Å². The molecule has 1 aliphatic carbocycles. The molecular weight excluding hydrogens is 466 g/mol. The van der Waals surface area contributed by atoms with Gasteiger partial charge in [0.2, 0.25) is 11.9 Å². The first kappa shape index (κ1) is 22.4. The summed E-state index contributed by atoms with van der Waals surface area (Å²) in [6, 6.07) is 10.9. The van der Waals surface area contributed by atoms with Gasteiger partial charge in [0.05, 0.1) is 17.9 Å². The number of nitrogens with zero attached hydrogens (tertiary/aromatic N) is 5. The predicted molar refractivity (Wildman–Crippen MR) is 129 cm³/mol. The molecule has 36 heavy (non-hydrogen) atoms. The number of amides is 1. The Bertz CT molecular complexity index is 1440. The maximum Gasteiger partial charge on any atom is 0.387 e. The summed E-state index contributed by atoms with van der Waals surface area (Å²) in [6.45, 7) is 0.686. The second-order valence-corrected chi connectivity index (χ2v) is 9.18. The number of nitrogens with one attached hydrogen (secondary N) is 1. The summed E-state index contributed by atoms with van der Waals surface area (Å²) in [4.78, 5) is 27.4. The van der Waals surface area contributed by atoms with Gasteiger partial charge in [0.25, 0.3) is 0 Å². The molecule has 1 fully saturated rings. The Morgan fingerprint density at radius 2 is 1.92 bits per heavy atom. The number of ether oxygens (including phenoxy) is 1. The lowest BCUT2D eigenvalue weighted by Crippen LogP contribution is -2.48. The van der Waals surface area contributed by atoms with Crippen LogP contribution in [0.5, 0.6) is 5.75 Å². The van der Waals surface area contributed by atoms with Crippen molar-refractivity contribution >= 4 is 17.5 Å². The summed E-state index contributed by atoms with van der Waals surface area (Å²) in [7, 11) is 0. The monoisotopic (exact) mass is 490 g/mol. The number of carbonyl (C=O) groups excluding carboxylic acids is 1. The number of aromatic nitrogens is 4. The zero-order chi connectivity index (χ0) is 24.8. The minimum Gasteiger partial charge on any atom is -0.435 e. The van der Waals surface area contributed by atoms with E-state index in [1.165, 1.54) is 0 Å². The molecule has 3 aromatic heterocycles. The van der Waals surface area contributed by atoms with Crippen LogP contribution >= 0.6 is 0 Å². The van der Waals surface area contributed by atoms with Crippen LogP contribution in [0.3, 0.4) is 0 Å². The minimum atomic E-state index is -2.89. The quantitative estimate of drug-likeness (QED) is 0.456. The first-order chi connectivity index (χ1) is 17.5. The van der Waals surface area contributed by atoms with E-state index in [2.05, 4.69) is 22.2 Å². The van der Waals surface area contributed by atoms with Crippen LogP contribution < -0.4 is 15.0 Å². The van der Waals surface area contributed by atoms with Crippen molar-refractivity contribution in [3.8, 4) is 16.9 Å². The van der Waals surface area contributed by atoms with Gasteiger partial charge in [-0.2, -0.15) is 8.78 Å². The van der Waals surface area contributed by atoms with E-state index in [1.54, 1.807) is 24.5 Å². The number of imidazole rings is 1. The number of fused-ring (bicyclic) bond motifs is 3. The Balaban J connectivity index is 1.37. The van der Waals surface area contributed by atoms with Gasteiger partial charge < -0.3 is 19.4 Å².